The Morgan fingerprint density at radius 3 is 2.54 bits per heavy atom. The number of carbonyl (C=O) groups excluding carboxylic acids is 1. The van der Waals surface area contributed by atoms with Crippen molar-refractivity contribution in [3.8, 4) is 0 Å². The lowest BCUT2D eigenvalue weighted by Gasteiger charge is -2.28. The molecule has 0 saturated carbocycles. The van der Waals surface area contributed by atoms with E-state index in [0.29, 0.717) is 5.75 Å². The van der Waals surface area contributed by atoms with E-state index >= 15 is 0 Å². The molecule has 1 unspecified atom stereocenters. The summed E-state index contributed by atoms with van der Waals surface area (Å²) in [6, 6.07) is 7.40. The van der Waals surface area contributed by atoms with E-state index in [1.807, 2.05) is 18.2 Å². The summed E-state index contributed by atoms with van der Waals surface area (Å²) in [6.07, 6.45) is -3.82. The zero-order chi connectivity index (χ0) is 17.5. The molecule has 24 heavy (non-hydrogen) atoms. The van der Waals surface area contributed by atoms with Crippen molar-refractivity contribution in [3.05, 3.63) is 35.4 Å². The molecule has 2 heterocycles. The number of carboxylic acid groups (broad SMARTS) is 1. The normalized spacial score (nSPS) is 27.0. The number of halogens is 3. The summed E-state index contributed by atoms with van der Waals surface area (Å²) in [4.78, 5) is 25.0. The number of carbonyl (C=O) groups is 2. The fraction of sp³-hybridized carbons (Fsp3) is 0.500. The van der Waals surface area contributed by atoms with E-state index in [9.17, 15) is 22.8 Å². The van der Waals surface area contributed by atoms with Crippen LogP contribution in [0.2, 0.25) is 0 Å². The monoisotopic (exact) mass is 359 g/mol. The molecule has 1 saturated heterocycles. The third-order valence-electron chi connectivity index (χ3n) is 4.59. The highest BCUT2D eigenvalue weighted by atomic mass is 32.2. The first kappa shape index (κ1) is 17.1. The average molecular weight is 359 g/mol. The first-order valence-corrected chi connectivity index (χ1v) is 8.61. The number of hydrogen-bond acceptors (Lipinski definition) is 3. The molecular weight excluding hydrogens is 343 g/mol. The predicted octanol–water partition coefficient (Wildman–Crippen LogP) is 2.74. The number of rotatable bonds is 2. The van der Waals surface area contributed by atoms with Gasteiger partial charge in [0.25, 0.3) is 0 Å². The van der Waals surface area contributed by atoms with Gasteiger partial charge in [-0.05, 0) is 23.3 Å². The third-order valence-corrected chi connectivity index (χ3v) is 5.82. The number of thioether (sulfide) groups is 1. The Morgan fingerprint density at radius 2 is 1.92 bits per heavy atom. The van der Waals surface area contributed by atoms with Gasteiger partial charge in [-0.1, -0.05) is 24.3 Å². The average Bonchev–Trinajstić information content (AvgIpc) is 2.99. The number of aliphatic carboxylic acids is 1. The molecule has 3 atom stereocenters. The lowest BCUT2D eigenvalue weighted by atomic mass is 9.96. The van der Waals surface area contributed by atoms with Crippen molar-refractivity contribution >= 4 is 23.6 Å². The maximum Gasteiger partial charge on any atom is 0.394 e. The lowest BCUT2D eigenvalue weighted by molar-refractivity contribution is -0.188. The van der Waals surface area contributed by atoms with Crippen LogP contribution in [0, 0.1) is 11.8 Å². The maximum atomic E-state index is 13.1. The van der Waals surface area contributed by atoms with Crippen LogP contribution in [0.15, 0.2) is 24.3 Å². The number of carboxylic acids is 1. The van der Waals surface area contributed by atoms with Gasteiger partial charge < -0.3 is 10.0 Å². The summed E-state index contributed by atoms with van der Waals surface area (Å²) in [7, 11) is 0. The van der Waals surface area contributed by atoms with Crippen LogP contribution in [0.5, 0.6) is 0 Å². The number of benzene rings is 1. The number of fused-ring (bicyclic) bond motifs is 1. The van der Waals surface area contributed by atoms with E-state index in [2.05, 4.69) is 0 Å². The Balaban J connectivity index is 1.83. The van der Waals surface area contributed by atoms with Gasteiger partial charge in [0, 0.05) is 13.1 Å². The van der Waals surface area contributed by atoms with Crippen LogP contribution in [0.1, 0.15) is 16.4 Å². The van der Waals surface area contributed by atoms with Crippen LogP contribution in [0.25, 0.3) is 0 Å². The highest BCUT2D eigenvalue weighted by molar-refractivity contribution is 8.00. The van der Waals surface area contributed by atoms with Gasteiger partial charge in [-0.15, -0.1) is 11.8 Å². The van der Waals surface area contributed by atoms with E-state index in [-0.39, 0.29) is 0 Å². The number of likely N-dealkylation sites (tertiary alicyclic amines) is 1. The largest absolute Gasteiger partial charge is 0.481 e. The fourth-order valence-corrected chi connectivity index (χ4v) is 4.60. The molecule has 1 aromatic carbocycles. The van der Waals surface area contributed by atoms with Crippen LogP contribution in [-0.2, 0) is 16.0 Å². The molecule has 8 heteroatoms. The van der Waals surface area contributed by atoms with Gasteiger partial charge in [0.15, 0.2) is 0 Å². The zero-order valence-electron chi connectivity index (χ0n) is 12.6. The second-order valence-electron chi connectivity index (χ2n) is 6.04. The van der Waals surface area contributed by atoms with Gasteiger partial charge in [0.1, 0.15) is 5.25 Å². The molecule has 130 valence electrons. The van der Waals surface area contributed by atoms with Crippen molar-refractivity contribution in [2.45, 2.75) is 17.8 Å². The molecular formula is C16H16F3NO3S. The van der Waals surface area contributed by atoms with Crippen LogP contribution in [0.3, 0.4) is 0 Å². The predicted molar refractivity (Wildman–Crippen MR) is 82.6 cm³/mol. The number of amides is 1. The number of nitrogens with zero attached hydrogens (tertiary/aromatic N) is 1. The molecule has 1 amide bonds. The van der Waals surface area contributed by atoms with E-state index < -0.39 is 48.2 Å². The molecule has 4 nitrogen and oxygen atoms in total. The summed E-state index contributed by atoms with van der Waals surface area (Å²) < 4.78 is 39.2. The molecule has 0 aliphatic carbocycles. The Bertz CT molecular complexity index is 664. The number of hydrogen-bond donors (Lipinski definition) is 1. The standard InChI is InChI=1S/C16H16F3NO3S/c17-16(18,19)12-8-20(7-11(12)15(22)23)14(21)13-10-4-2-1-3-9(10)5-6-24-13/h1-4,11-13H,5-8H2,(H,22,23)/t11-,12-,13?/m1/s1. The maximum absolute atomic E-state index is 13.1. The Kier molecular flexibility index (Phi) is 4.50. The van der Waals surface area contributed by atoms with Crippen LogP contribution in [0.4, 0.5) is 13.2 Å². The van der Waals surface area contributed by atoms with Gasteiger partial charge in [-0.25, -0.2) is 0 Å². The summed E-state index contributed by atoms with van der Waals surface area (Å²) in [6.45, 7) is -0.976. The number of alkyl halides is 3. The van der Waals surface area contributed by atoms with Gasteiger partial charge in [0.2, 0.25) is 5.91 Å². The molecule has 0 aromatic heterocycles. The first-order valence-electron chi connectivity index (χ1n) is 7.56. The lowest BCUT2D eigenvalue weighted by Crippen LogP contribution is -2.35. The minimum Gasteiger partial charge on any atom is -0.481 e. The molecule has 1 aromatic rings. The molecule has 0 spiro atoms. The van der Waals surface area contributed by atoms with Crippen molar-refractivity contribution in [1.29, 1.82) is 0 Å². The number of aryl methyl sites for hydroxylation is 1. The molecule has 1 fully saturated rings. The van der Waals surface area contributed by atoms with Crippen molar-refractivity contribution in [3.63, 3.8) is 0 Å². The van der Waals surface area contributed by atoms with E-state index in [1.54, 1.807) is 6.07 Å². The Morgan fingerprint density at radius 1 is 1.21 bits per heavy atom. The van der Waals surface area contributed by atoms with Crippen LogP contribution >= 0.6 is 11.8 Å². The van der Waals surface area contributed by atoms with Crippen molar-refractivity contribution in [1.82, 2.24) is 4.90 Å². The quantitative estimate of drug-likeness (QED) is 0.882. The minimum absolute atomic E-state index is 0.391. The van der Waals surface area contributed by atoms with Crippen LogP contribution in [-0.4, -0.2) is 46.9 Å². The molecule has 2 aliphatic heterocycles. The Labute approximate surface area is 141 Å². The van der Waals surface area contributed by atoms with Gasteiger partial charge in [-0.3, -0.25) is 9.59 Å². The SMILES string of the molecule is O=C(O)[C@@H]1CN(C(=O)C2SCCc3ccccc32)C[C@H]1C(F)(F)F. The smallest absolute Gasteiger partial charge is 0.394 e. The van der Waals surface area contributed by atoms with Gasteiger partial charge >= 0.3 is 12.1 Å². The van der Waals surface area contributed by atoms with E-state index in [4.69, 9.17) is 5.11 Å². The van der Waals surface area contributed by atoms with Gasteiger partial charge in [-0.2, -0.15) is 13.2 Å². The molecule has 1 N–H and O–H groups in total. The zero-order valence-corrected chi connectivity index (χ0v) is 13.4. The molecule has 0 bridgehead atoms. The fourth-order valence-electron chi connectivity index (χ4n) is 3.33. The second-order valence-corrected chi connectivity index (χ2v) is 7.25. The summed E-state index contributed by atoms with van der Waals surface area (Å²) in [5.41, 5.74) is 1.84. The highest BCUT2D eigenvalue weighted by Crippen LogP contribution is 2.42. The first-order chi connectivity index (χ1) is 11.3. The summed E-state index contributed by atoms with van der Waals surface area (Å²) in [5, 5.41) is 8.51. The molecule has 0 radical (unpaired) electrons. The molecule has 3 rings (SSSR count). The topological polar surface area (TPSA) is 57.6 Å². The van der Waals surface area contributed by atoms with Crippen molar-refractivity contribution in [2.24, 2.45) is 11.8 Å². The minimum atomic E-state index is -4.63. The summed E-state index contributed by atoms with van der Waals surface area (Å²) in [5.74, 6) is -4.83. The third kappa shape index (κ3) is 3.11. The second kappa shape index (κ2) is 6.31. The van der Waals surface area contributed by atoms with E-state index in [0.717, 1.165) is 22.4 Å². The van der Waals surface area contributed by atoms with E-state index in [1.165, 1.54) is 11.8 Å². The van der Waals surface area contributed by atoms with Gasteiger partial charge in [0.05, 0.1) is 11.8 Å². The van der Waals surface area contributed by atoms with Crippen molar-refractivity contribution < 1.29 is 27.9 Å². The Hall–Kier alpha value is -1.70. The summed E-state index contributed by atoms with van der Waals surface area (Å²) >= 11 is 1.40. The van der Waals surface area contributed by atoms with Crippen LogP contribution < -0.4 is 0 Å². The highest BCUT2D eigenvalue weighted by Gasteiger charge is 2.54. The molecule has 2 aliphatic rings. The van der Waals surface area contributed by atoms with Crippen molar-refractivity contribution in [2.75, 3.05) is 18.8 Å².